The summed E-state index contributed by atoms with van der Waals surface area (Å²) in [6, 6.07) is 10.6. The number of anilines is 1. The number of carbonyl (C=O) groups excluding carboxylic acids is 1. The van der Waals surface area contributed by atoms with Crippen molar-refractivity contribution in [3.8, 4) is 0 Å². The van der Waals surface area contributed by atoms with Crippen LogP contribution in [0.4, 0.5) is 5.69 Å². The summed E-state index contributed by atoms with van der Waals surface area (Å²) in [7, 11) is 0. The Morgan fingerprint density at radius 2 is 1.96 bits per heavy atom. The molecule has 2 atom stereocenters. The zero-order chi connectivity index (χ0) is 15.8. The van der Waals surface area contributed by atoms with Gasteiger partial charge in [-0.15, -0.1) is 24.8 Å². The van der Waals surface area contributed by atoms with Crippen LogP contribution in [0.25, 0.3) is 0 Å². The first-order valence-corrected chi connectivity index (χ1v) is 8.54. The molecule has 4 nitrogen and oxygen atoms in total. The number of benzene rings is 1. The largest absolute Gasteiger partial charge is 0.372 e. The van der Waals surface area contributed by atoms with Crippen molar-refractivity contribution in [1.82, 2.24) is 5.32 Å². The topological polar surface area (TPSA) is 58.4 Å². The molecule has 0 aromatic heterocycles. The Kier molecular flexibility index (Phi) is 11.9. The summed E-state index contributed by atoms with van der Waals surface area (Å²) >= 11 is 0. The van der Waals surface area contributed by atoms with Gasteiger partial charge in [-0.25, -0.2) is 0 Å². The minimum Gasteiger partial charge on any atom is -0.372 e. The molecule has 24 heavy (non-hydrogen) atoms. The second-order valence-corrected chi connectivity index (χ2v) is 6.18. The Morgan fingerprint density at radius 1 is 1.25 bits per heavy atom. The number of nitrogens with two attached hydrogens (primary N) is 1. The van der Waals surface area contributed by atoms with E-state index in [9.17, 15) is 4.79 Å². The molecule has 2 rings (SSSR count). The number of carbonyl (C=O) groups is 1. The second kappa shape index (κ2) is 12.4. The highest BCUT2D eigenvalue weighted by Crippen LogP contribution is 2.23. The molecule has 138 valence electrons. The van der Waals surface area contributed by atoms with Crippen LogP contribution in [-0.4, -0.2) is 31.6 Å². The van der Waals surface area contributed by atoms with Gasteiger partial charge < -0.3 is 16.0 Å². The van der Waals surface area contributed by atoms with Gasteiger partial charge in [0.2, 0.25) is 5.91 Å². The minimum atomic E-state index is 0. The molecule has 0 bridgehead atoms. The van der Waals surface area contributed by atoms with Gasteiger partial charge in [0.15, 0.2) is 0 Å². The summed E-state index contributed by atoms with van der Waals surface area (Å²) in [6.07, 6.45) is 4.94. The number of hydrogen-bond acceptors (Lipinski definition) is 3. The molecule has 0 saturated heterocycles. The lowest BCUT2D eigenvalue weighted by molar-refractivity contribution is -0.126. The van der Waals surface area contributed by atoms with Gasteiger partial charge in [-0.05, 0) is 44.7 Å². The monoisotopic (exact) mass is 375 g/mol. The van der Waals surface area contributed by atoms with Gasteiger partial charge in [-0.2, -0.15) is 0 Å². The number of hydrogen-bond donors (Lipinski definition) is 2. The Hall–Kier alpha value is -0.970. The summed E-state index contributed by atoms with van der Waals surface area (Å²) < 4.78 is 0. The molecule has 1 aliphatic carbocycles. The fourth-order valence-corrected chi connectivity index (χ4v) is 3.20. The van der Waals surface area contributed by atoms with Crippen LogP contribution in [0.5, 0.6) is 0 Å². The Bertz CT molecular complexity index is 459. The van der Waals surface area contributed by atoms with Crippen molar-refractivity contribution in [1.29, 1.82) is 0 Å². The third-order valence-corrected chi connectivity index (χ3v) is 4.49. The summed E-state index contributed by atoms with van der Waals surface area (Å²) in [5, 5.41) is 3.08. The molecule has 2 unspecified atom stereocenters. The lowest BCUT2D eigenvalue weighted by atomic mass is 9.85. The summed E-state index contributed by atoms with van der Waals surface area (Å²) in [6.45, 7) is 4.85. The van der Waals surface area contributed by atoms with Crippen LogP contribution in [0.15, 0.2) is 30.3 Å². The van der Waals surface area contributed by atoms with E-state index in [4.69, 9.17) is 5.73 Å². The smallest absolute Gasteiger partial charge is 0.223 e. The van der Waals surface area contributed by atoms with E-state index < -0.39 is 0 Å². The van der Waals surface area contributed by atoms with E-state index in [0.717, 1.165) is 51.7 Å². The number of nitrogens with one attached hydrogen (secondary N) is 1. The first-order valence-electron chi connectivity index (χ1n) is 8.54. The predicted molar refractivity (Wildman–Crippen MR) is 106 cm³/mol. The van der Waals surface area contributed by atoms with Gasteiger partial charge in [0.05, 0.1) is 0 Å². The lowest BCUT2D eigenvalue weighted by Crippen LogP contribution is -2.38. The van der Waals surface area contributed by atoms with Crippen LogP contribution < -0.4 is 16.0 Å². The molecule has 1 fully saturated rings. The number of amides is 1. The maximum absolute atomic E-state index is 12.1. The highest BCUT2D eigenvalue weighted by Gasteiger charge is 2.24. The number of nitrogens with zero attached hydrogens (tertiary/aromatic N) is 1. The third kappa shape index (κ3) is 7.29. The first kappa shape index (κ1) is 23.0. The van der Waals surface area contributed by atoms with Crippen LogP contribution in [0.1, 0.15) is 39.0 Å². The van der Waals surface area contributed by atoms with Crippen LogP contribution in [0, 0.1) is 5.92 Å². The van der Waals surface area contributed by atoms with Gasteiger partial charge >= 0.3 is 0 Å². The van der Waals surface area contributed by atoms with E-state index in [1.54, 1.807) is 0 Å². The molecule has 0 radical (unpaired) electrons. The van der Waals surface area contributed by atoms with Crippen molar-refractivity contribution in [2.45, 2.75) is 45.1 Å². The molecule has 1 saturated carbocycles. The highest BCUT2D eigenvalue weighted by molar-refractivity contribution is 5.85. The lowest BCUT2D eigenvalue weighted by Gasteiger charge is -2.26. The average Bonchev–Trinajstić information content (AvgIpc) is 2.55. The standard InChI is InChI=1S/C18H29N3O.2ClH/c1-2-21(17-10-4-3-5-11-17)13-7-12-20-18(22)15-8-6-9-16(19)14-15;;/h3-5,10-11,15-16H,2,6-9,12-14,19H2,1H3,(H,20,22);2*1H. The maximum atomic E-state index is 12.1. The van der Waals surface area contributed by atoms with Crippen molar-refractivity contribution in [2.24, 2.45) is 11.7 Å². The molecule has 1 aromatic carbocycles. The number of halogens is 2. The second-order valence-electron chi connectivity index (χ2n) is 6.18. The van der Waals surface area contributed by atoms with Crippen LogP contribution >= 0.6 is 24.8 Å². The van der Waals surface area contributed by atoms with Gasteiger partial charge in [0.25, 0.3) is 0 Å². The Balaban J connectivity index is 0.00000264. The van der Waals surface area contributed by atoms with Crippen molar-refractivity contribution >= 4 is 36.4 Å². The molecular weight excluding hydrogens is 345 g/mol. The molecule has 1 amide bonds. The first-order chi connectivity index (χ1) is 10.7. The predicted octanol–water partition coefficient (Wildman–Crippen LogP) is 3.38. The van der Waals surface area contributed by atoms with Crippen LogP contribution in [0.2, 0.25) is 0 Å². The highest BCUT2D eigenvalue weighted by atomic mass is 35.5. The molecule has 1 aliphatic rings. The Morgan fingerprint density at radius 3 is 2.58 bits per heavy atom. The fraction of sp³-hybridized carbons (Fsp3) is 0.611. The normalized spacial score (nSPS) is 19.6. The summed E-state index contributed by atoms with van der Waals surface area (Å²) in [5.74, 6) is 0.318. The van der Waals surface area contributed by atoms with Crippen LogP contribution in [0.3, 0.4) is 0 Å². The summed E-state index contributed by atoms with van der Waals surface area (Å²) in [5.41, 5.74) is 7.20. The molecule has 6 heteroatoms. The maximum Gasteiger partial charge on any atom is 0.223 e. The fourth-order valence-electron chi connectivity index (χ4n) is 3.20. The quantitative estimate of drug-likeness (QED) is 0.718. The number of para-hydroxylation sites is 1. The van der Waals surface area contributed by atoms with E-state index in [1.165, 1.54) is 5.69 Å². The Labute approximate surface area is 158 Å². The van der Waals surface area contributed by atoms with Crippen molar-refractivity contribution in [3.05, 3.63) is 30.3 Å². The zero-order valence-electron chi connectivity index (χ0n) is 14.4. The molecule has 0 spiro atoms. The SMILES string of the molecule is CCN(CCCNC(=O)C1CCCC(N)C1)c1ccccc1.Cl.Cl. The van der Waals surface area contributed by atoms with Crippen LogP contribution in [-0.2, 0) is 4.79 Å². The van der Waals surface area contributed by atoms with E-state index >= 15 is 0 Å². The van der Waals surface area contributed by atoms with Gasteiger partial charge in [0.1, 0.15) is 0 Å². The van der Waals surface area contributed by atoms with Gasteiger partial charge in [0, 0.05) is 37.3 Å². The molecular formula is C18H31Cl2N3O. The third-order valence-electron chi connectivity index (χ3n) is 4.49. The van der Waals surface area contributed by atoms with E-state index in [0.29, 0.717) is 0 Å². The molecule has 1 aromatic rings. The minimum absolute atomic E-state index is 0. The van der Waals surface area contributed by atoms with Gasteiger partial charge in [-0.3, -0.25) is 4.79 Å². The van der Waals surface area contributed by atoms with Crippen molar-refractivity contribution in [3.63, 3.8) is 0 Å². The summed E-state index contributed by atoms with van der Waals surface area (Å²) in [4.78, 5) is 14.5. The zero-order valence-corrected chi connectivity index (χ0v) is 16.1. The van der Waals surface area contributed by atoms with Gasteiger partial charge in [-0.1, -0.05) is 24.6 Å². The molecule has 0 heterocycles. The van der Waals surface area contributed by atoms with Crippen molar-refractivity contribution < 1.29 is 4.79 Å². The van der Waals surface area contributed by atoms with Crippen molar-refractivity contribution in [2.75, 3.05) is 24.5 Å². The molecule has 0 aliphatic heterocycles. The van der Waals surface area contributed by atoms with E-state index in [1.807, 2.05) is 6.07 Å². The van der Waals surface area contributed by atoms with E-state index in [2.05, 4.69) is 41.4 Å². The van der Waals surface area contributed by atoms with E-state index in [-0.39, 0.29) is 42.7 Å². The molecule has 3 N–H and O–H groups in total. The average molecular weight is 376 g/mol. The number of rotatable bonds is 7.